The number of aliphatic imine (C=N–C) groups is 1. The number of carbonyl (C=O) groups excluding carboxylic acids is 7. The standard InChI is InChI=1S/C25H44N14O8.H2O4S/c26-4-1-2-11(27)6-17(41)32-8-14-20(43)35-15(9-34-25(30)47)21(44)39-18(13-3-5-31-24(29)38-13)23(46)33-7-12(28)19(42)37-16(10-40)22(45)36-14;1-5(2,3)4/h9,11-14,16,18,40H,1-8,10,26-28H2,(H,32,41)(H,33,46)(H,35,43)(H,36,45)(H,37,42)(H,39,44)(H3,29,31,38)(H3,30,34,47);(H2,1,2,3,4). The van der Waals surface area contributed by atoms with Crippen molar-refractivity contribution in [1.82, 2.24) is 42.5 Å². The van der Waals surface area contributed by atoms with Crippen LogP contribution in [0, 0.1) is 0 Å². The number of nitrogens with two attached hydrogens (primary N) is 5. The molecule has 0 aromatic rings. The second kappa shape index (κ2) is 21.9. The Morgan fingerprint density at radius 2 is 1.63 bits per heavy atom. The Balaban J connectivity index is 0.00000252. The molecular weight excluding hydrogens is 720 g/mol. The van der Waals surface area contributed by atoms with Crippen molar-refractivity contribution in [2.75, 3.05) is 32.8 Å². The zero-order valence-corrected chi connectivity index (χ0v) is 28.5. The lowest BCUT2D eigenvalue weighted by atomic mass is 10.0. The van der Waals surface area contributed by atoms with Gasteiger partial charge in [-0.05, 0) is 25.8 Å². The van der Waals surface area contributed by atoms with Crippen LogP contribution in [0.2, 0.25) is 0 Å². The molecule has 0 aromatic carbocycles. The third kappa shape index (κ3) is 17.6. The van der Waals surface area contributed by atoms with Crippen molar-refractivity contribution in [3.63, 3.8) is 0 Å². The van der Waals surface area contributed by atoms with Gasteiger partial charge in [-0.3, -0.25) is 42.9 Å². The molecule has 2 rings (SSSR count). The molecule has 0 radical (unpaired) electrons. The van der Waals surface area contributed by atoms with Crippen LogP contribution in [0.1, 0.15) is 25.7 Å². The maximum absolute atomic E-state index is 13.5. The van der Waals surface area contributed by atoms with Crippen molar-refractivity contribution in [3.05, 3.63) is 11.9 Å². The molecule has 2 aliphatic rings. The second-order valence-corrected chi connectivity index (χ2v) is 12.0. The summed E-state index contributed by atoms with van der Waals surface area (Å²) in [7, 11) is -4.67. The van der Waals surface area contributed by atoms with Gasteiger partial charge in [0.15, 0.2) is 5.96 Å². The van der Waals surface area contributed by atoms with Crippen LogP contribution in [0.15, 0.2) is 16.9 Å². The highest BCUT2D eigenvalue weighted by Crippen LogP contribution is 2.07. The SMILES string of the molecule is NCCCC(N)CC(=O)NCC1NC(=O)C(CO)NC(=O)C(N)CNC(=O)C(C2CCN=C(N)N2)NC(=O)C(=CNC(N)=O)NC1=O.O=S(=O)(O)O. The number of carbonyl (C=O) groups is 7. The van der Waals surface area contributed by atoms with Gasteiger partial charge in [-0.1, -0.05) is 0 Å². The largest absolute Gasteiger partial charge is 0.394 e. The van der Waals surface area contributed by atoms with E-state index in [9.17, 15) is 38.7 Å². The first-order valence-electron chi connectivity index (χ1n) is 15.4. The molecule has 1 saturated heterocycles. The molecule has 1 fully saturated rings. The quantitative estimate of drug-likeness (QED) is 0.0725. The number of nitrogens with one attached hydrogen (secondary N) is 8. The summed E-state index contributed by atoms with van der Waals surface area (Å²) in [5.74, 6) is -5.62. The van der Waals surface area contributed by atoms with Gasteiger partial charge in [-0.15, -0.1) is 0 Å². The molecule has 0 bridgehead atoms. The predicted molar refractivity (Wildman–Crippen MR) is 179 cm³/mol. The van der Waals surface area contributed by atoms with Crippen molar-refractivity contribution < 1.29 is 56.2 Å². The molecule has 52 heavy (non-hydrogen) atoms. The number of aliphatic hydroxyl groups excluding tert-OH is 1. The van der Waals surface area contributed by atoms with Crippen LogP contribution in [0.4, 0.5) is 4.79 Å². The Kier molecular flexibility index (Phi) is 18.9. The Hall–Kier alpha value is -5.19. The maximum Gasteiger partial charge on any atom is 0.394 e. The Bertz CT molecular complexity index is 1470. The Morgan fingerprint density at radius 3 is 2.21 bits per heavy atom. The highest BCUT2D eigenvalue weighted by atomic mass is 32.3. The molecule has 8 amide bonds. The van der Waals surface area contributed by atoms with Crippen molar-refractivity contribution >= 4 is 57.8 Å². The monoisotopic (exact) mass is 766 g/mol. The molecule has 0 aliphatic carbocycles. The zero-order chi connectivity index (χ0) is 39.6. The van der Waals surface area contributed by atoms with E-state index in [2.05, 4.69) is 42.2 Å². The van der Waals surface area contributed by atoms with Gasteiger partial charge in [-0.25, -0.2) is 4.79 Å². The van der Waals surface area contributed by atoms with E-state index < -0.39 is 114 Å². The number of guanidine groups is 1. The summed E-state index contributed by atoms with van der Waals surface area (Å²) in [5.41, 5.74) is 27.6. The maximum atomic E-state index is 13.5. The number of primary amides is 1. The van der Waals surface area contributed by atoms with Gasteiger partial charge < -0.3 is 76.3 Å². The first-order chi connectivity index (χ1) is 24.2. The summed E-state index contributed by atoms with van der Waals surface area (Å²) in [6, 6.07) is -8.54. The highest BCUT2D eigenvalue weighted by Gasteiger charge is 2.35. The van der Waals surface area contributed by atoms with Gasteiger partial charge in [0.05, 0.1) is 12.6 Å². The van der Waals surface area contributed by atoms with Crippen molar-refractivity contribution in [1.29, 1.82) is 0 Å². The average Bonchev–Trinajstić information content (AvgIpc) is 3.05. The topological polar surface area (TPSA) is 453 Å². The normalized spacial score (nSPS) is 24.9. The van der Waals surface area contributed by atoms with Gasteiger partial charge >= 0.3 is 16.4 Å². The number of urea groups is 1. The van der Waals surface area contributed by atoms with Crippen LogP contribution in [0.5, 0.6) is 0 Å². The molecule has 21 N–H and O–H groups in total. The van der Waals surface area contributed by atoms with Gasteiger partial charge in [0.25, 0.3) is 5.91 Å². The van der Waals surface area contributed by atoms with E-state index in [1.54, 1.807) is 0 Å². The summed E-state index contributed by atoms with van der Waals surface area (Å²) in [5, 5.41) is 28.7. The lowest BCUT2D eigenvalue weighted by Gasteiger charge is -2.31. The molecule has 27 heteroatoms. The first-order valence-corrected chi connectivity index (χ1v) is 16.8. The van der Waals surface area contributed by atoms with E-state index in [0.717, 1.165) is 6.20 Å². The third-order valence-corrected chi connectivity index (χ3v) is 6.90. The Morgan fingerprint density at radius 1 is 1.00 bits per heavy atom. The van der Waals surface area contributed by atoms with E-state index >= 15 is 0 Å². The molecule has 2 heterocycles. The smallest absolute Gasteiger partial charge is 0.394 e. The fourth-order valence-corrected chi connectivity index (χ4v) is 4.35. The van der Waals surface area contributed by atoms with Crippen LogP contribution in [-0.4, -0.2) is 139 Å². The number of amides is 8. The van der Waals surface area contributed by atoms with E-state index in [1.807, 2.05) is 5.32 Å². The van der Waals surface area contributed by atoms with E-state index in [0.29, 0.717) is 19.4 Å². The fourth-order valence-electron chi connectivity index (χ4n) is 4.35. The minimum absolute atomic E-state index is 0.0120. The lowest BCUT2D eigenvalue weighted by Crippen LogP contribution is -2.64. The van der Waals surface area contributed by atoms with E-state index in [4.69, 9.17) is 46.2 Å². The van der Waals surface area contributed by atoms with Crippen LogP contribution >= 0.6 is 0 Å². The summed E-state index contributed by atoms with van der Waals surface area (Å²) in [4.78, 5) is 93.9. The molecule has 0 aromatic heterocycles. The number of rotatable bonds is 10. The fraction of sp³-hybridized carbons (Fsp3) is 0.600. The van der Waals surface area contributed by atoms with Crippen molar-refractivity contribution in [3.8, 4) is 0 Å². The number of aliphatic hydroxyl groups is 1. The van der Waals surface area contributed by atoms with Crippen LogP contribution in [0.3, 0.4) is 0 Å². The number of hydrogen-bond donors (Lipinski definition) is 16. The average molecular weight is 767 g/mol. The van der Waals surface area contributed by atoms with Gasteiger partial charge in [-0.2, -0.15) is 8.42 Å². The molecule has 6 unspecified atom stereocenters. The Labute approximate surface area is 296 Å². The van der Waals surface area contributed by atoms with E-state index in [1.165, 1.54) is 0 Å². The summed E-state index contributed by atoms with van der Waals surface area (Å²) >= 11 is 0. The minimum atomic E-state index is -4.67. The number of nitrogens with zero attached hydrogens (tertiary/aromatic N) is 1. The van der Waals surface area contributed by atoms with Crippen molar-refractivity contribution in [2.45, 2.75) is 61.9 Å². The third-order valence-electron chi connectivity index (χ3n) is 6.90. The van der Waals surface area contributed by atoms with Gasteiger partial charge in [0.2, 0.25) is 29.5 Å². The van der Waals surface area contributed by atoms with Gasteiger partial charge in [0, 0.05) is 38.3 Å². The lowest BCUT2D eigenvalue weighted by molar-refractivity contribution is -0.134. The number of hydrogen-bond acceptors (Lipinski definition) is 16. The zero-order valence-electron chi connectivity index (χ0n) is 27.7. The summed E-state index contributed by atoms with van der Waals surface area (Å²) < 4.78 is 31.6. The molecular formula is C25H46N14O12S. The van der Waals surface area contributed by atoms with Crippen LogP contribution in [-0.2, 0) is 39.2 Å². The second-order valence-electron chi connectivity index (χ2n) is 11.1. The molecule has 26 nitrogen and oxygen atoms in total. The van der Waals surface area contributed by atoms with E-state index in [-0.39, 0.29) is 25.3 Å². The minimum Gasteiger partial charge on any atom is -0.394 e. The van der Waals surface area contributed by atoms with Gasteiger partial charge in [0.1, 0.15) is 29.9 Å². The van der Waals surface area contributed by atoms with Crippen LogP contribution in [0.25, 0.3) is 0 Å². The predicted octanol–water partition coefficient (Wildman–Crippen LogP) is -8.89. The summed E-state index contributed by atoms with van der Waals surface area (Å²) in [6.45, 7) is -1.36. The molecule has 0 saturated carbocycles. The molecule has 2 aliphatic heterocycles. The molecule has 0 spiro atoms. The highest BCUT2D eigenvalue weighted by molar-refractivity contribution is 7.79. The van der Waals surface area contributed by atoms with Crippen LogP contribution < -0.4 is 71.2 Å². The summed E-state index contributed by atoms with van der Waals surface area (Å²) in [6.07, 6.45) is 1.86. The first kappa shape index (κ1) is 44.8. The van der Waals surface area contributed by atoms with Crippen molar-refractivity contribution in [2.24, 2.45) is 33.7 Å². The molecule has 6 atom stereocenters. The molecule has 294 valence electrons.